The number of hydrogen-bond donors (Lipinski definition) is 1. The number of methoxy groups -OCH3 is 1. The molecule has 21 heavy (non-hydrogen) atoms. The molecule has 1 unspecified atom stereocenters. The van der Waals surface area contributed by atoms with Crippen molar-refractivity contribution in [2.45, 2.75) is 26.2 Å². The number of ether oxygens (including phenoxy) is 1. The van der Waals surface area contributed by atoms with Crippen LogP contribution in [-0.4, -0.2) is 18.2 Å². The summed E-state index contributed by atoms with van der Waals surface area (Å²) >= 11 is 0. The molecule has 0 spiro atoms. The molecule has 2 aromatic carbocycles. The lowest BCUT2D eigenvalue weighted by Crippen LogP contribution is -2.15. The summed E-state index contributed by atoms with van der Waals surface area (Å²) in [5, 5.41) is 9.60. The predicted molar refractivity (Wildman–Crippen MR) is 83.0 cm³/mol. The number of carbonyl (C=O) groups is 1. The molecule has 110 valence electrons. The van der Waals surface area contributed by atoms with Gasteiger partial charge in [0.2, 0.25) is 0 Å². The van der Waals surface area contributed by atoms with Crippen LogP contribution in [0.5, 0.6) is 5.75 Å². The summed E-state index contributed by atoms with van der Waals surface area (Å²) in [6, 6.07) is 13.6. The average molecular weight is 284 g/mol. The standard InChI is InChI=1S/C18H20O3/c1-12-4-7-14(8-5-12)11-16(18(19)20)15-10-13(2)6-9-17(15)21-3/h4-10,16H,11H2,1-3H3,(H,19,20). The summed E-state index contributed by atoms with van der Waals surface area (Å²) in [6.07, 6.45) is 0.454. The maximum atomic E-state index is 11.7. The van der Waals surface area contributed by atoms with Crippen LogP contribution in [0.3, 0.4) is 0 Å². The second-order valence-corrected chi connectivity index (χ2v) is 5.33. The van der Waals surface area contributed by atoms with Crippen LogP contribution in [0.15, 0.2) is 42.5 Å². The van der Waals surface area contributed by atoms with E-state index in [9.17, 15) is 9.90 Å². The van der Waals surface area contributed by atoms with Gasteiger partial charge in [-0.15, -0.1) is 0 Å². The normalized spacial score (nSPS) is 12.0. The van der Waals surface area contributed by atoms with Gasteiger partial charge < -0.3 is 9.84 Å². The van der Waals surface area contributed by atoms with E-state index in [4.69, 9.17) is 4.74 Å². The van der Waals surface area contributed by atoms with Gasteiger partial charge >= 0.3 is 5.97 Å². The van der Waals surface area contributed by atoms with Gasteiger partial charge in [-0.05, 0) is 31.9 Å². The van der Waals surface area contributed by atoms with Gasteiger partial charge in [0.15, 0.2) is 0 Å². The van der Waals surface area contributed by atoms with Gasteiger partial charge in [0.05, 0.1) is 13.0 Å². The molecule has 0 heterocycles. The molecule has 2 rings (SSSR count). The van der Waals surface area contributed by atoms with Crippen molar-refractivity contribution in [2.24, 2.45) is 0 Å². The van der Waals surface area contributed by atoms with E-state index in [0.717, 1.165) is 16.7 Å². The molecule has 2 aromatic rings. The molecule has 0 saturated heterocycles. The van der Waals surface area contributed by atoms with Crippen LogP contribution in [0.2, 0.25) is 0 Å². The van der Waals surface area contributed by atoms with Gasteiger partial charge in [0, 0.05) is 5.56 Å². The third kappa shape index (κ3) is 3.63. The van der Waals surface area contributed by atoms with Gasteiger partial charge in [-0.1, -0.05) is 47.5 Å². The fourth-order valence-corrected chi connectivity index (χ4v) is 2.42. The first kappa shape index (κ1) is 15.1. The Hall–Kier alpha value is -2.29. The Labute approximate surface area is 125 Å². The zero-order valence-electron chi connectivity index (χ0n) is 12.6. The fraction of sp³-hybridized carbons (Fsp3) is 0.278. The minimum atomic E-state index is -0.834. The zero-order valence-corrected chi connectivity index (χ0v) is 12.6. The highest BCUT2D eigenvalue weighted by molar-refractivity contribution is 5.77. The molecular formula is C18H20O3. The Balaban J connectivity index is 2.37. The molecule has 3 heteroatoms. The quantitative estimate of drug-likeness (QED) is 0.910. The molecule has 0 aliphatic carbocycles. The molecule has 0 bridgehead atoms. The molecule has 1 atom stereocenters. The van der Waals surface area contributed by atoms with Crippen LogP contribution in [0.1, 0.15) is 28.2 Å². The Morgan fingerprint density at radius 3 is 2.29 bits per heavy atom. The van der Waals surface area contributed by atoms with Crippen molar-refractivity contribution >= 4 is 5.97 Å². The van der Waals surface area contributed by atoms with Gasteiger partial charge in [0.25, 0.3) is 0 Å². The van der Waals surface area contributed by atoms with E-state index in [-0.39, 0.29) is 0 Å². The lowest BCUT2D eigenvalue weighted by Gasteiger charge is -2.17. The minimum Gasteiger partial charge on any atom is -0.496 e. The molecule has 0 radical (unpaired) electrons. The molecular weight excluding hydrogens is 264 g/mol. The van der Waals surface area contributed by atoms with Gasteiger partial charge in [-0.2, -0.15) is 0 Å². The van der Waals surface area contributed by atoms with E-state index >= 15 is 0 Å². The van der Waals surface area contributed by atoms with Crippen LogP contribution >= 0.6 is 0 Å². The van der Waals surface area contributed by atoms with Crippen molar-refractivity contribution in [1.29, 1.82) is 0 Å². The molecule has 0 aliphatic rings. The van der Waals surface area contributed by atoms with Crippen molar-refractivity contribution < 1.29 is 14.6 Å². The second-order valence-electron chi connectivity index (χ2n) is 5.33. The molecule has 0 aliphatic heterocycles. The smallest absolute Gasteiger partial charge is 0.311 e. The molecule has 3 nitrogen and oxygen atoms in total. The number of hydrogen-bond acceptors (Lipinski definition) is 2. The van der Waals surface area contributed by atoms with E-state index in [0.29, 0.717) is 12.2 Å². The van der Waals surface area contributed by atoms with Crippen molar-refractivity contribution in [2.75, 3.05) is 7.11 Å². The maximum Gasteiger partial charge on any atom is 0.311 e. The van der Waals surface area contributed by atoms with Crippen molar-refractivity contribution in [1.82, 2.24) is 0 Å². The molecule has 0 amide bonds. The van der Waals surface area contributed by atoms with Gasteiger partial charge in [-0.3, -0.25) is 4.79 Å². The third-order valence-electron chi connectivity index (χ3n) is 3.62. The Morgan fingerprint density at radius 2 is 1.71 bits per heavy atom. The molecule has 1 N–H and O–H groups in total. The largest absolute Gasteiger partial charge is 0.496 e. The highest BCUT2D eigenvalue weighted by atomic mass is 16.5. The van der Waals surface area contributed by atoms with Gasteiger partial charge in [-0.25, -0.2) is 0 Å². The first-order valence-corrected chi connectivity index (χ1v) is 6.94. The average Bonchev–Trinajstić information content (AvgIpc) is 2.46. The maximum absolute atomic E-state index is 11.7. The van der Waals surface area contributed by atoms with Crippen LogP contribution in [0.25, 0.3) is 0 Å². The second kappa shape index (κ2) is 6.44. The van der Waals surface area contributed by atoms with Crippen LogP contribution in [-0.2, 0) is 11.2 Å². The molecule has 0 saturated carbocycles. The van der Waals surface area contributed by atoms with E-state index < -0.39 is 11.9 Å². The Morgan fingerprint density at radius 1 is 1.10 bits per heavy atom. The Bertz CT molecular complexity index is 629. The lowest BCUT2D eigenvalue weighted by atomic mass is 9.90. The highest BCUT2D eigenvalue weighted by Crippen LogP contribution is 2.30. The summed E-state index contributed by atoms with van der Waals surface area (Å²) in [5.41, 5.74) is 3.93. The third-order valence-corrected chi connectivity index (χ3v) is 3.62. The summed E-state index contributed by atoms with van der Waals surface area (Å²) in [5.74, 6) is -0.817. The van der Waals surface area contributed by atoms with Crippen LogP contribution in [0, 0.1) is 13.8 Å². The highest BCUT2D eigenvalue weighted by Gasteiger charge is 2.24. The number of aryl methyl sites for hydroxylation is 2. The first-order valence-electron chi connectivity index (χ1n) is 6.94. The fourth-order valence-electron chi connectivity index (χ4n) is 2.42. The summed E-state index contributed by atoms with van der Waals surface area (Å²) in [4.78, 5) is 11.7. The minimum absolute atomic E-state index is 0.454. The summed E-state index contributed by atoms with van der Waals surface area (Å²) in [7, 11) is 1.57. The Kier molecular flexibility index (Phi) is 4.63. The topological polar surface area (TPSA) is 46.5 Å². The number of aliphatic carboxylic acids is 1. The summed E-state index contributed by atoms with van der Waals surface area (Å²) in [6.45, 7) is 3.97. The van der Waals surface area contributed by atoms with Crippen molar-refractivity contribution in [3.8, 4) is 5.75 Å². The number of carboxylic acid groups (broad SMARTS) is 1. The molecule has 0 aromatic heterocycles. The SMILES string of the molecule is COc1ccc(C)cc1C(Cc1ccc(C)cc1)C(=O)O. The zero-order chi connectivity index (χ0) is 15.4. The van der Waals surface area contributed by atoms with E-state index in [1.807, 2.05) is 56.3 Å². The van der Waals surface area contributed by atoms with Crippen LogP contribution in [0.4, 0.5) is 0 Å². The number of benzene rings is 2. The van der Waals surface area contributed by atoms with Crippen LogP contribution < -0.4 is 4.74 Å². The number of carboxylic acids is 1. The predicted octanol–water partition coefficient (Wildman–Crippen LogP) is 3.72. The van der Waals surface area contributed by atoms with E-state index in [2.05, 4.69) is 0 Å². The first-order chi connectivity index (χ1) is 10.0. The van der Waals surface area contributed by atoms with Gasteiger partial charge in [0.1, 0.15) is 5.75 Å². The van der Waals surface area contributed by atoms with E-state index in [1.165, 1.54) is 5.56 Å². The van der Waals surface area contributed by atoms with Crippen molar-refractivity contribution in [3.05, 3.63) is 64.7 Å². The lowest BCUT2D eigenvalue weighted by molar-refractivity contribution is -0.138. The van der Waals surface area contributed by atoms with E-state index in [1.54, 1.807) is 7.11 Å². The monoisotopic (exact) mass is 284 g/mol. The summed E-state index contributed by atoms with van der Waals surface area (Å²) < 4.78 is 5.32. The molecule has 0 fully saturated rings. The number of rotatable bonds is 5. The van der Waals surface area contributed by atoms with Crippen molar-refractivity contribution in [3.63, 3.8) is 0 Å².